The van der Waals surface area contributed by atoms with Gasteiger partial charge in [-0.3, -0.25) is 4.55 Å². The number of nitrogens with two attached hydrogens (primary N) is 1. The molecule has 3 N–H and O–H groups in total. The molecular weight excluding hydrogens is 186 g/mol. The van der Waals surface area contributed by atoms with Gasteiger partial charge in [0.15, 0.2) is 0 Å². The van der Waals surface area contributed by atoms with Crippen molar-refractivity contribution in [1.82, 2.24) is 0 Å². The molecule has 0 spiro atoms. The molecule has 0 saturated carbocycles. The summed E-state index contributed by atoms with van der Waals surface area (Å²) in [5.74, 6) is 0. The summed E-state index contributed by atoms with van der Waals surface area (Å²) >= 11 is 3.91. The van der Waals surface area contributed by atoms with Crippen molar-refractivity contribution in [2.45, 2.75) is 30.4 Å². The first kappa shape index (κ1) is 11.2. The average molecular weight is 199 g/mol. The highest BCUT2D eigenvalue weighted by Gasteiger charge is 2.34. The van der Waals surface area contributed by atoms with E-state index in [1.165, 1.54) is 6.92 Å². The molecule has 0 bridgehead atoms. The van der Waals surface area contributed by atoms with Crippen molar-refractivity contribution in [3.63, 3.8) is 0 Å². The van der Waals surface area contributed by atoms with E-state index >= 15 is 0 Å². The summed E-state index contributed by atoms with van der Waals surface area (Å²) in [5.41, 5.74) is 5.47. The van der Waals surface area contributed by atoms with Crippen LogP contribution in [-0.4, -0.2) is 23.1 Å². The lowest BCUT2D eigenvalue weighted by atomic mass is 10.2. The monoisotopic (exact) mass is 199 g/mol. The molecule has 0 aromatic carbocycles. The van der Waals surface area contributed by atoms with Gasteiger partial charge in [-0.25, -0.2) is 0 Å². The molecule has 0 amide bonds. The normalized spacial score (nSPS) is 20.8. The zero-order valence-corrected chi connectivity index (χ0v) is 8.19. The van der Waals surface area contributed by atoms with Gasteiger partial charge in [-0.05, 0) is 13.3 Å². The Labute approximate surface area is 72.3 Å². The van der Waals surface area contributed by atoms with Gasteiger partial charge in [-0.15, -0.1) is 0 Å². The fraction of sp³-hybridized carbons (Fsp3) is 1.00. The predicted octanol–water partition coefficient (Wildman–Crippen LogP) is 0.258. The maximum absolute atomic E-state index is 10.6. The van der Waals surface area contributed by atoms with Gasteiger partial charge in [0, 0.05) is 0 Å². The summed E-state index contributed by atoms with van der Waals surface area (Å²) in [6.07, 6.45) is 0.372. The van der Waals surface area contributed by atoms with Gasteiger partial charge in [0.05, 0.1) is 4.87 Å². The van der Waals surface area contributed by atoms with Crippen molar-refractivity contribution in [2.24, 2.45) is 5.73 Å². The molecule has 0 radical (unpaired) electrons. The topological polar surface area (TPSA) is 80.4 Å². The van der Waals surface area contributed by atoms with Crippen LogP contribution in [0.3, 0.4) is 0 Å². The largest absolute Gasteiger partial charge is 0.316 e. The molecule has 2 unspecified atom stereocenters. The minimum Gasteiger partial charge on any atom is -0.316 e. The fourth-order valence-electron chi connectivity index (χ4n) is 0.545. The van der Waals surface area contributed by atoms with Crippen LogP contribution in [0.4, 0.5) is 0 Å². The zero-order valence-electron chi connectivity index (χ0n) is 6.48. The van der Waals surface area contributed by atoms with Gasteiger partial charge in [-0.1, -0.05) is 6.92 Å². The first-order chi connectivity index (χ1) is 4.72. The van der Waals surface area contributed by atoms with Crippen LogP contribution in [0.15, 0.2) is 0 Å². The molecule has 6 heteroatoms. The molecule has 0 aliphatic heterocycles. The van der Waals surface area contributed by atoms with Gasteiger partial charge in [0.2, 0.25) is 0 Å². The third-order valence-corrected chi connectivity index (χ3v) is 3.91. The van der Waals surface area contributed by atoms with Crippen LogP contribution in [0.25, 0.3) is 0 Å². The van der Waals surface area contributed by atoms with Crippen molar-refractivity contribution in [3.05, 3.63) is 0 Å². The SMILES string of the molecule is CCC(N)(S)C(C)S(=O)(=O)O. The van der Waals surface area contributed by atoms with E-state index in [9.17, 15) is 8.42 Å². The summed E-state index contributed by atoms with van der Waals surface area (Å²) < 4.78 is 29.7. The van der Waals surface area contributed by atoms with Crippen molar-refractivity contribution >= 4 is 22.7 Å². The molecule has 2 atom stereocenters. The lowest BCUT2D eigenvalue weighted by molar-refractivity contribution is 0.445. The van der Waals surface area contributed by atoms with E-state index in [-0.39, 0.29) is 0 Å². The molecule has 0 aliphatic rings. The standard InChI is InChI=1S/C5H13NO3S2/c1-3-5(6,10)4(2)11(7,8)9/h4,10H,3,6H2,1-2H3,(H,7,8,9). The predicted molar refractivity (Wildman–Crippen MR) is 47.2 cm³/mol. The quantitative estimate of drug-likeness (QED) is 0.346. The summed E-state index contributed by atoms with van der Waals surface area (Å²) in [6, 6.07) is 0. The number of hydrogen-bond acceptors (Lipinski definition) is 4. The van der Waals surface area contributed by atoms with Crippen molar-refractivity contribution in [2.75, 3.05) is 0 Å². The minimum atomic E-state index is -4.07. The Hall–Kier alpha value is 0.220. The van der Waals surface area contributed by atoms with E-state index in [4.69, 9.17) is 10.3 Å². The highest BCUT2D eigenvalue weighted by atomic mass is 32.2. The highest BCUT2D eigenvalue weighted by Crippen LogP contribution is 2.21. The van der Waals surface area contributed by atoms with Crippen LogP contribution < -0.4 is 5.73 Å². The minimum absolute atomic E-state index is 0.372. The van der Waals surface area contributed by atoms with E-state index < -0.39 is 20.2 Å². The van der Waals surface area contributed by atoms with Gasteiger partial charge in [0.1, 0.15) is 5.25 Å². The molecule has 0 aromatic rings. The lowest BCUT2D eigenvalue weighted by Gasteiger charge is -2.26. The average Bonchev–Trinajstić information content (AvgIpc) is 1.84. The highest BCUT2D eigenvalue weighted by molar-refractivity contribution is 7.89. The van der Waals surface area contributed by atoms with Crippen LogP contribution in [-0.2, 0) is 10.1 Å². The molecule has 0 saturated heterocycles. The Morgan fingerprint density at radius 3 is 2.18 bits per heavy atom. The number of rotatable bonds is 3. The lowest BCUT2D eigenvalue weighted by Crippen LogP contribution is -2.47. The van der Waals surface area contributed by atoms with E-state index in [1.54, 1.807) is 6.92 Å². The first-order valence-corrected chi connectivity index (χ1v) is 5.14. The van der Waals surface area contributed by atoms with E-state index in [2.05, 4.69) is 12.6 Å². The van der Waals surface area contributed by atoms with Gasteiger partial charge >= 0.3 is 0 Å². The first-order valence-electron chi connectivity index (χ1n) is 3.19. The maximum Gasteiger partial charge on any atom is 0.270 e. The van der Waals surface area contributed by atoms with E-state index in [0.717, 1.165) is 0 Å². The Morgan fingerprint density at radius 1 is 1.73 bits per heavy atom. The van der Waals surface area contributed by atoms with Crippen LogP contribution in [0.2, 0.25) is 0 Å². The van der Waals surface area contributed by atoms with Crippen LogP contribution in [0.5, 0.6) is 0 Å². The zero-order chi connectivity index (χ0) is 9.28. The van der Waals surface area contributed by atoms with E-state index in [0.29, 0.717) is 6.42 Å². The fourth-order valence-corrected chi connectivity index (χ4v) is 1.63. The van der Waals surface area contributed by atoms with Crippen LogP contribution in [0.1, 0.15) is 20.3 Å². The Kier molecular flexibility index (Phi) is 3.37. The second-order valence-corrected chi connectivity index (χ2v) is 5.07. The molecule has 0 rings (SSSR count). The smallest absolute Gasteiger partial charge is 0.270 e. The van der Waals surface area contributed by atoms with Crippen molar-refractivity contribution < 1.29 is 13.0 Å². The molecule has 0 fully saturated rings. The van der Waals surface area contributed by atoms with Crippen molar-refractivity contribution in [3.8, 4) is 0 Å². The Morgan fingerprint density at radius 2 is 2.09 bits per heavy atom. The van der Waals surface area contributed by atoms with Crippen LogP contribution in [0, 0.1) is 0 Å². The van der Waals surface area contributed by atoms with E-state index in [1.807, 2.05) is 0 Å². The molecule has 4 nitrogen and oxygen atoms in total. The molecule has 11 heavy (non-hydrogen) atoms. The summed E-state index contributed by atoms with van der Waals surface area (Å²) in [7, 11) is -4.07. The third-order valence-electron chi connectivity index (χ3n) is 1.72. The van der Waals surface area contributed by atoms with Crippen molar-refractivity contribution in [1.29, 1.82) is 0 Å². The van der Waals surface area contributed by atoms with Crippen LogP contribution >= 0.6 is 12.6 Å². The summed E-state index contributed by atoms with van der Waals surface area (Å²) in [6.45, 7) is 3.03. The Balaban J connectivity index is 4.63. The second-order valence-electron chi connectivity index (χ2n) is 2.50. The van der Waals surface area contributed by atoms with Gasteiger partial charge < -0.3 is 5.73 Å². The third kappa shape index (κ3) is 2.98. The van der Waals surface area contributed by atoms with Gasteiger partial charge in [0.25, 0.3) is 10.1 Å². The summed E-state index contributed by atoms with van der Waals surface area (Å²) in [5, 5.41) is -1.05. The molecule has 68 valence electrons. The molecular formula is C5H13NO3S2. The summed E-state index contributed by atoms with van der Waals surface area (Å²) in [4.78, 5) is -1.16. The molecule has 0 aromatic heterocycles. The molecule has 0 heterocycles. The number of hydrogen-bond donors (Lipinski definition) is 3. The second kappa shape index (κ2) is 3.30. The Bertz CT molecular complexity index is 222. The maximum atomic E-state index is 10.6. The molecule has 0 aliphatic carbocycles. The number of thiol groups is 1. The van der Waals surface area contributed by atoms with Gasteiger partial charge in [-0.2, -0.15) is 21.0 Å².